The highest BCUT2D eigenvalue weighted by atomic mass is 35.5. The third-order valence-electron chi connectivity index (χ3n) is 3.95. The molecule has 2 heterocycles. The van der Waals surface area contributed by atoms with Gasteiger partial charge >= 0.3 is 0 Å². The molecule has 1 saturated heterocycles. The van der Waals surface area contributed by atoms with E-state index in [1.165, 1.54) is 16.6 Å². The van der Waals surface area contributed by atoms with Crippen LogP contribution < -0.4 is 17.7 Å². The van der Waals surface area contributed by atoms with E-state index in [0.29, 0.717) is 18.5 Å². The minimum absolute atomic E-state index is 0. The topological polar surface area (TPSA) is 125 Å². The first-order chi connectivity index (χ1) is 10.5. The van der Waals surface area contributed by atoms with E-state index in [1.54, 1.807) is 12.1 Å². The molecule has 5 N–H and O–H groups in total. The molecule has 0 saturated carbocycles. The highest BCUT2D eigenvalue weighted by Crippen LogP contribution is 2.28. The second-order valence-corrected chi connectivity index (χ2v) is 7.36. The highest BCUT2D eigenvalue weighted by molar-refractivity contribution is 7.89. The minimum Gasteiger partial charge on any atom is -1.00 e. The van der Waals surface area contributed by atoms with Gasteiger partial charge in [-0.05, 0) is 26.0 Å². The Kier molecular flexibility index (Phi) is 8.86. The normalized spacial score (nSPS) is 18.4. The average Bonchev–Trinajstić information content (AvgIpc) is 2.72. The van der Waals surface area contributed by atoms with E-state index in [0.717, 1.165) is 19.2 Å². The largest absolute Gasteiger partial charge is 1.00 e. The van der Waals surface area contributed by atoms with E-state index < -0.39 is 15.8 Å². The van der Waals surface area contributed by atoms with Crippen molar-refractivity contribution < 1.29 is 36.2 Å². The lowest BCUT2D eigenvalue weighted by atomic mass is 10.2. The molecule has 0 spiro atoms. The Labute approximate surface area is 152 Å². The van der Waals surface area contributed by atoms with Crippen LogP contribution in [0.25, 0.3) is 10.8 Å². The van der Waals surface area contributed by atoms with Gasteiger partial charge in [-0.25, -0.2) is 12.8 Å². The number of rotatable bonds is 2. The molecule has 1 atom stereocenters. The van der Waals surface area contributed by atoms with Crippen molar-refractivity contribution in [1.29, 1.82) is 0 Å². The van der Waals surface area contributed by atoms with Crippen molar-refractivity contribution in [2.24, 2.45) is 0 Å². The van der Waals surface area contributed by atoms with Gasteiger partial charge in [-0.3, -0.25) is 4.98 Å². The Hall–Kier alpha value is -1.36. The number of pyridine rings is 1. The molecule has 1 aromatic heterocycles. The van der Waals surface area contributed by atoms with E-state index >= 15 is 0 Å². The third-order valence-corrected chi connectivity index (χ3v) is 6.00. The second-order valence-electron chi connectivity index (χ2n) is 5.50. The molecule has 1 aliphatic heterocycles. The first-order valence-corrected chi connectivity index (χ1v) is 8.70. The molecular formula is C15H22ClFN3O4S-. The summed E-state index contributed by atoms with van der Waals surface area (Å²) in [5.41, 5.74) is 0. The number of nitrogens with zero attached hydrogens (tertiary/aromatic N) is 2. The number of benzene rings is 1. The Balaban J connectivity index is 0.00000192. The lowest BCUT2D eigenvalue weighted by Crippen LogP contribution is -3.00. The van der Waals surface area contributed by atoms with Crippen molar-refractivity contribution in [3.8, 4) is 0 Å². The van der Waals surface area contributed by atoms with Crippen LogP contribution in [-0.2, 0) is 10.0 Å². The first kappa shape index (κ1) is 23.6. The molecule has 142 valence electrons. The summed E-state index contributed by atoms with van der Waals surface area (Å²) in [4.78, 5) is 3.80. The van der Waals surface area contributed by atoms with Crippen molar-refractivity contribution >= 4 is 20.8 Å². The van der Waals surface area contributed by atoms with Crippen LogP contribution >= 0.6 is 0 Å². The smallest absolute Gasteiger partial charge is 0.244 e. The Bertz CT molecular complexity index is 801. The van der Waals surface area contributed by atoms with Gasteiger partial charge in [-0.1, -0.05) is 12.1 Å². The van der Waals surface area contributed by atoms with Crippen LogP contribution in [0.4, 0.5) is 4.39 Å². The number of sulfonamides is 1. The molecular weight excluding hydrogens is 373 g/mol. The van der Waals surface area contributed by atoms with Gasteiger partial charge in [-0.2, -0.15) is 4.31 Å². The molecule has 1 aliphatic rings. The molecule has 1 fully saturated rings. The van der Waals surface area contributed by atoms with E-state index in [-0.39, 0.29) is 39.7 Å². The maximum Gasteiger partial charge on any atom is 0.244 e. The van der Waals surface area contributed by atoms with Crippen LogP contribution in [0.15, 0.2) is 35.5 Å². The highest BCUT2D eigenvalue weighted by Gasteiger charge is 2.31. The van der Waals surface area contributed by atoms with Gasteiger partial charge in [0.25, 0.3) is 0 Å². The molecule has 3 rings (SSSR count). The van der Waals surface area contributed by atoms with Gasteiger partial charge in [0.2, 0.25) is 10.0 Å². The molecule has 25 heavy (non-hydrogen) atoms. The van der Waals surface area contributed by atoms with Crippen molar-refractivity contribution in [3.63, 3.8) is 0 Å². The van der Waals surface area contributed by atoms with Crippen LogP contribution in [0.1, 0.15) is 13.3 Å². The minimum atomic E-state index is -3.76. The molecule has 0 radical (unpaired) electrons. The number of hydrogen-bond donors (Lipinski definition) is 1. The third kappa shape index (κ3) is 4.43. The SMILES string of the molecule is C[C@H]1CNCCCN1S(=O)(=O)c1cccc2cncc(F)c12.O.O.[Cl-]. The number of aromatic nitrogens is 1. The second kappa shape index (κ2) is 9.37. The van der Waals surface area contributed by atoms with Gasteiger partial charge < -0.3 is 28.7 Å². The standard InChI is InChI=1S/C15H18FN3O2S.ClH.2H2O/c1-11-8-17-6-3-7-19(11)22(20,21)14-5-2-4-12-9-18-10-13(16)15(12)14;;;/h2,4-5,9-11,17H,3,6-8H2,1H3;1H;2*1H2/p-1/t11-;;;/m0.../s1. The predicted octanol–water partition coefficient (Wildman–Crippen LogP) is -2.90. The van der Waals surface area contributed by atoms with Gasteiger partial charge in [0.15, 0.2) is 5.82 Å². The molecule has 2 aromatic rings. The van der Waals surface area contributed by atoms with Crippen molar-refractivity contribution in [2.45, 2.75) is 24.3 Å². The molecule has 10 heteroatoms. The first-order valence-electron chi connectivity index (χ1n) is 7.26. The van der Waals surface area contributed by atoms with Gasteiger partial charge in [0.05, 0.1) is 11.1 Å². The Morgan fingerprint density at radius 2 is 2.00 bits per heavy atom. The lowest BCUT2D eigenvalue weighted by molar-refractivity contribution is -0.0000103. The van der Waals surface area contributed by atoms with Crippen LogP contribution in [0.2, 0.25) is 0 Å². The number of halogens is 2. The molecule has 1 aromatic carbocycles. The summed E-state index contributed by atoms with van der Waals surface area (Å²) in [6.45, 7) is 3.66. The van der Waals surface area contributed by atoms with Crippen molar-refractivity contribution in [2.75, 3.05) is 19.6 Å². The van der Waals surface area contributed by atoms with Crippen LogP contribution in [0.3, 0.4) is 0 Å². The summed E-state index contributed by atoms with van der Waals surface area (Å²) < 4.78 is 41.7. The monoisotopic (exact) mass is 394 g/mol. The molecule has 0 unspecified atom stereocenters. The summed E-state index contributed by atoms with van der Waals surface area (Å²) >= 11 is 0. The summed E-state index contributed by atoms with van der Waals surface area (Å²) in [5, 5.41) is 3.81. The average molecular weight is 395 g/mol. The zero-order valence-electron chi connectivity index (χ0n) is 13.7. The predicted molar refractivity (Wildman–Crippen MR) is 89.8 cm³/mol. The Morgan fingerprint density at radius 1 is 1.28 bits per heavy atom. The van der Waals surface area contributed by atoms with E-state index in [2.05, 4.69) is 10.3 Å². The zero-order valence-corrected chi connectivity index (χ0v) is 15.2. The number of hydrogen-bond acceptors (Lipinski definition) is 4. The van der Waals surface area contributed by atoms with Crippen LogP contribution in [-0.4, -0.2) is 54.3 Å². The maximum atomic E-state index is 14.2. The molecule has 0 bridgehead atoms. The number of nitrogens with one attached hydrogen (secondary N) is 1. The van der Waals surface area contributed by atoms with Crippen molar-refractivity contribution in [3.05, 3.63) is 36.4 Å². The lowest BCUT2D eigenvalue weighted by Gasteiger charge is -2.26. The fraction of sp³-hybridized carbons (Fsp3) is 0.400. The van der Waals surface area contributed by atoms with Crippen LogP contribution in [0, 0.1) is 5.82 Å². The van der Waals surface area contributed by atoms with Gasteiger partial charge in [-0.15, -0.1) is 0 Å². The van der Waals surface area contributed by atoms with E-state index in [4.69, 9.17) is 0 Å². The fourth-order valence-corrected chi connectivity index (χ4v) is 4.74. The summed E-state index contributed by atoms with van der Waals surface area (Å²) in [7, 11) is -3.76. The molecule has 0 amide bonds. The molecule has 7 nitrogen and oxygen atoms in total. The van der Waals surface area contributed by atoms with Crippen LogP contribution in [0.5, 0.6) is 0 Å². The summed E-state index contributed by atoms with van der Waals surface area (Å²) in [5.74, 6) is -0.614. The number of fused-ring (bicyclic) bond motifs is 1. The summed E-state index contributed by atoms with van der Waals surface area (Å²) in [6, 6.07) is 4.58. The maximum absolute atomic E-state index is 14.2. The quantitative estimate of drug-likeness (QED) is 0.586. The van der Waals surface area contributed by atoms with E-state index in [9.17, 15) is 12.8 Å². The van der Waals surface area contributed by atoms with Gasteiger partial charge in [0.1, 0.15) is 0 Å². The van der Waals surface area contributed by atoms with Gasteiger partial charge in [0, 0.05) is 36.1 Å². The molecule has 0 aliphatic carbocycles. The van der Waals surface area contributed by atoms with Crippen molar-refractivity contribution in [1.82, 2.24) is 14.6 Å². The Morgan fingerprint density at radius 3 is 2.72 bits per heavy atom. The summed E-state index contributed by atoms with van der Waals surface area (Å²) in [6.07, 6.45) is 3.26. The van der Waals surface area contributed by atoms with E-state index in [1.807, 2.05) is 6.92 Å². The fourth-order valence-electron chi connectivity index (χ4n) is 2.85. The zero-order chi connectivity index (χ0) is 15.7.